The number of benzene rings is 1. The number of likely N-dealkylation sites (tertiary alicyclic amines) is 1. The van der Waals surface area contributed by atoms with Gasteiger partial charge in [-0.1, -0.05) is 5.21 Å². The normalized spacial score (nSPS) is 24.3. The Morgan fingerprint density at radius 2 is 2.16 bits per heavy atom. The zero-order chi connectivity index (χ0) is 17.4. The number of fused-ring (bicyclic) bond motifs is 1. The SMILES string of the molecule is OC1CN(CCCOc2ccc3c(nnn3CC3CC3)c2Br)CC1F. The van der Waals surface area contributed by atoms with Crippen molar-refractivity contribution in [3.05, 3.63) is 16.6 Å². The van der Waals surface area contributed by atoms with Gasteiger partial charge in [0.15, 0.2) is 0 Å². The number of ether oxygens (including phenoxy) is 1. The molecule has 2 heterocycles. The first-order valence-electron chi connectivity index (χ1n) is 8.81. The minimum atomic E-state index is -1.13. The van der Waals surface area contributed by atoms with E-state index in [1.54, 1.807) is 0 Å². The standard InChI is InChI=1S/C17H22BrFN4O2/c18-16-15(25-7-1-6-22-9-12(19)14(24)10-22)5-4-13-17(16)20-21-23(13)8-11-2-3-11/h4-5,11-12,14,24H,1-3,6-10H2. The molecule has 0 amide bonds. The zero-order valence-corrected chi connectivity index (χ0v) is 15.5. The largest absolute Gasteiger partial charge is 0.492 e. The number of hydrogen-bond donors (Lipinski definition) is 1. The van der Waals surface area contributed by atoms with Crippen LogP contribution in [0.4, 0.5) is 4.39 Å². The van der Waals surface area contributed by atoms with Crippen molar-refractivity contribution in [1.82, 2.24) is 19.9 Å². The van der Waals surface area contributed by atoms with Crippen molar-refractivity contribution in [2.75, 3.05) is 26.2 Å². The molecular weight excluding hydrogens is 391 g/mol. The van der Waals surface area contributed by atoms with E-state index in [4.69, 9.17) is 4.74 Å². The predicted octanol–water partition coefficient (Wildman–Crippen LogP) is 2.39. The molecule has 0 bridgehead atoms. The number of β-amino-alcohol motifs (C(OH)–C–C–N with tert-alkyl or cyclic N) is 1. The maximum Gasteiger partial charge on any atom is 0.140 e. The van der Waals surface area contributed by atoms with Gasteiger partial charge in [0.25, 0.3) is 0 Å². The molecule has 1 saturated carbocycles. The van der Waals surface area contributed by atoms with Crippen LogP contribution < -0.4 is 4.74 Å². The van der Waals surface area contributed by atoms with Crippen LogP contribution in [0, 0.1) is 5.92 Å². The van der Waals surface area contributed by atoms with Crippen LogP contribution in [-0.4, -0.2) is 63.5 Å². The fraction of sp³-hybridized carbons (Fsp3) is 0.647. The third-order valence-electron chi connectivity index (χ3n) is 4.89. The smallest absolute Gasteiger partial charge is 0.140 e. The molecule has 1 aliphatic carbocycles. The van der Waals surface area contributed by atoms with Gasteiger partial charge in [0.1, 0.15) is 17.4 Å². The Bertz CT molecular complexity index is 742. The predicted molar refractivity (Wildman–Crippen MR) is 95.4 cm³/mol. The maximum atomic E-state index is 13.3. The molecule has 1 N–H and O–H groups in total. The van der Waals surface area contributed by atoms with Gasteiger partial charge in [-0.05, 0) is 53.2 Å². The van der Waals surface area contributed by atoms with Crippen molar-refractivity contribution in [2.24, 2.45) is 5.92 Å². The minimum absolute atomic E-state index is 0.306. The van der Waals surface area contributed by atoms with Gasteiger partial charge in [0, 0.05) is 26.2 Å². The quantitative estimate of drug-likeness (QED) is 0.707. The van der Waals surface area contributed by atoms with Crippen molar-refractivity contribution >= 4 is 27.0 Å². The summed E-state index contributed by atoms with van der Waals surface area (Å²) in [5.74, 6) is 1.49. The van der Waals surface area contributed by atoms with E-state index < -0.39 is 12.3 Å². The number of rotatable bonds is 7. The van der Waals surface area contributed by atoms with E-state index in [1.807, 2.05) is 21.7 Å². The van der Waals surface area contributed by atoms with Crippen LogP contribution in [0.15, 0.2) is 16.6 Å². The third-order valence-corrected chi connectivity index (χ3v) is 5.66. The first kappa shape index (κ1) is 17.2. The number of aliphatic hydroxyl groups is 1. The van der Waals surface area contributed by atoms with E-state index in [0.717, 1.165) is 46.7 Å². The van der Waals surface area contributed by atoms with Crippen LogP contribution in [0.3, 0.4) is 0 Å². The first-order valence-corrected chi connectivity index (χ1v) is 9.60. The Kier molecular flexibility index (Phi) is 4.92. The molecule has 0 spiro atoms. The van der Waals surface area contributed by atoms with Gasteiger partial charge in [-0.3, -0.25) is 4.90 Å². The van der Waals surface area contributed by atoms with Crippen LogP contribution in [0.2, 0.25) is 0 Å². The van der Waals surface area contributed by atoms with E-state index >= 15 is 0 Å². The summed E-state index contributed by atoms with van der Waals surface area (Å²) in [4.78, 5) is 1.93. The van der Waals surface area contributed by atoms with E-state index in [0.29, 0.717) is 19.7 Å². The van der Waals surface area contributed by atoms with Crippen LogP contribution in [-0.2, 0) is 6.54 Å². The lowest BCUT2D eigenvalue weighted by Crippen LogP contribution is -2.24. The van der Waals surface area contributed by atoms with Crippen molar-refractivity contribution in [2.45, 2.75) is 38.1 Å². The highest BCUT2D eigenvalue weighted by molar-refractivity contribution is 9.10. The molecule has 2 aliphatic rings. The fourth-order valence-corrected chi connectivity index (χ4v) is 3.78. The summed E-state index contributed by atoms with van der Waals surface area (Å²) >= 11 is 3.58. The second-order valence-corrected chi connectivity index (χ2v) is 7.80. The van der Waals surface area contributed by atoms with Gasteiger partial charge < -0.3 is 9.84 Å². The van der Waals surface area contributed by atoms with Crippen LogP contribution in [0.25, 0.3) is 11.0 Å². The summed E-state index contributed by atoms with van der Waals surface area (Å²) in [5.41, 5.74) is 1.84. The van der Waals surface area contributed by atoms with E-state index in [-0.39, 0.29) is 0 Å². The molecule has 0 radical (unpaired) electrons. The Morgan fingerprint density at radius 1 is 1.32 bits per heavy atom. The number of hydrogen-bond acceptors (Lipinski definition) is 5. The van der Waals surface area contributed by atoms with Crippen molar-refractivity contribution in [1.29, 1.82) is 0 Å². The summed E-state index contributed by atoms with van der Waals surface area (Å²) in [5, 5.41) is 18.0. The summed E-state index contributed by atoms with van der Waals surface area (Å²) < 4.78 is 21.9. The summed E-state index contributed by atoms with van der Waals surface area (Å²) in [7, 11) is 0. The monoisotopic (exact) mass is 412 g/mol. The van der Waals surface area contributed by atoms with Gasteiger partial charge in [-0.15, -0.1) is 5.10 Å². The highest BCUT2D eigenvalue weighted by Gasteiger charge is 2.30. The molecule has 1 aromatic heterocycles. The van der Waals surface area contributed by atoms with Gasteiger partial charge in [-0.25, -0.2) is 9.07 Å². The van der Waals surface area contributed by atoms with Crippen molar-refractivity contribution in [3.8, 4) is 5.75 Å². The van der Waals surface area contributed by atoms with Crippen molar-refractivity contribution < 1.29 is 14.2 Å². The maximum absolute atomic E-state index is 13.3. The molecule has 1 aliphatic heterocycles. The van der Waals surface area contributed by atoms with Crippen LogP contribution in [0.5, 0.6) is 5.75 Å². The third kappa shape index (κ3) is 3.80. The molecule has 25 heavy (non-hydrogen) atoms. The second kappa shape index (κ2) is 7.17. The van der Waals surface area contributed by atoms with Crippen LogP contribution >= 0.6 is 15.9 Å². The second-order valence-electron chi connectivity index (χ2n) is 7.01. The number of nitrogens with zero attached hydrogens (tertiary/aromatic N) is 4. The fourth-order valence-electron chi connectivity index (χ4n) is 3.25. The number of aliphatic hydroxyl groups excluding tert-OH is 1. The topological polar surface area (TPSA) is 63.4 Å². The van der Waals surface area contributed by atoms with Gasteiger partial charge >= 0.3 is 0 Å². The van der Waals surface area contributed by atoms with Gasteiger partial charge in [0.05, 0.1) is 22.7 Å². The number of alkyl halides is 1. The molecule has 1 saturated heterocycles. The number of halogens is 2. The summed E-state index contributed by atoms with van der Waals surface area (Å²) in [6.07, 6.45) is 1.35. The highest BCUT2D eigenvalue weighted by atomic mass is 79.9. The molecule has 6 nitrogen and oxygen atoms in total. The Balaban J connectivity index is 1.33. The average molecular weight is 413 g/mol. The number of aromatic nitrogens is 3. The first-order chi connectivity index (χ1) is 12.1. The van der Waals surface area contributed by atoms with Gasteiger partial charge in [-0.2, -0.15) is 0 Å². The van der Waals surface area contributed by atoms with E-state index in [2.05, 4.69) is 26.2 Å². The summed E-state index contributed by atoms with van der Waals surface area (Å²) in [6, 6.07) is 3.94. The lowest BCUT2D eigenvalue weighted by molar-refractivity contribution is 0.115. The Labute approximate surface area is 154 Å². The van der Waals surface area contributed by atoms with E-state index in [9.17, 15) is 9.50 Å². The zero-order valence-electron chi connectivity index (χ0n) is 13.9. The van der Waals surface area contributed by atoms with E-state index in [1.165, 1.54) is 12.8 Å². The highest BCUT2D eigenvalue weighted by Crippen LogP contribution is 2.34. The lowest BCUT2D eigenvalue weighted by Gasteiger charge is -2.15. The molecule has 8 heteroatoms. The average Bonchev–Trinajstić information content (AvgIpc) is 3.22. The molecule has 2 atom stereocenters. The van der Waals surface area contributed by atoms with Gasteiger partial charge in [0.2, 0.25) is 0 Å². The van der Waals surface area contributed by atoms with Crippen LogP contribution in [0.1, 0.15) is 19.3 Å². The molecule has 4 rings (SSSR count). The molecule has 2 aromatic rings. The molecule has 1 aromatic carbocycles. The Morgan fingerprint density at radius 3 is 2.88 bits per heavy atom. The molecular formula is C17H22BrFN4O2. The Hall–Kier alpha value is -1.25. The lowest BCUT2D eigenvalue weighted by atomic mass is 10.3. The molecule has 2 unspecified atom stereocenters. The van der Waals surface area contributed by atoms with Crippen molar-refractivity contribution in [3.63, 3.8) is 0 Å². The summed E-state index contributed by atoms with van der Waals surface area (Å²) in [6.45, 7) is 2.89. The molecule has 2 fully saturated rings. The minimum Gasteiger partial charge on any atom is -0.492 e. The molecule has 136 valence electrons.